The first-order chi connectivity index (χ1) is 8.28. The second-order valence-corrected chi connectivity index (χ2v) is 5.59. The average molecular weight is 251 g/mol. The van der Waals surface area contributed by atoms with Gasteiger partial charge in [0.1, 0.15) is 6.54 Å². The number of pyridine rings is 1. The minimum absolute atomic E-state index is 0.00795. The lowest BCUT2D eigenvalue weighted by Gasteiger charge is -2.18. The molecule has 0 aliphatic heterocycles. The Hall–Kier alpha value is -1.78. The molecule has 0 saturated heterocycles. The van der Waals surface area contributed by atoms with Crippen molar-refractivity contribution >= 4 is 11.6 Å². The maximum atomic E-state index is 11.7. The number of hydrogen-bond acceptors (Lipinski definition) is 3. The smallest absolute Gasteiger partial charge is 0.251 e. The van der Waals surface area contributed by atoms with Crippen LogP contribution in [0.4, 0.5) is 5.69 Å². The van der Waals surface area contributed by atoms with Gasteiger partial charge in [0.2, 0.25) is 5.91 Å². The molecule has 1 heterocycles. The van der Waals surface area contributed by atoms with E-state index in [1.54, 1.807) is 0 Å². The highest BCUT2D eigenvalue weighted by Gasteiger charge is 2.10. The number of aromatic nitrogens is 1. The van der Waals surface area contributed by atoms with Crippen LogP contribution in [0.25, 0.3) is 0 Å². The number of rotatable bonds is 4. The Morgan fingerprint density at radius 1 is 1.39 bits per heavy atom. The van der Waals surface area contributed by atoms with Gasteiger partial charge in [0, 0.05) is 24.5 Å². The lowest BCUT2D eigenvalue weighted by atomic mass is 9.92. The van der Waals surface area contributed by atoms with Gasteiger partial charge in [-0.15, -0.1) is 0 Å². The zero-order valence-electron chi connectivity index (χ0n) is 11.2. The molecule has 0 atom stereocenters. The average Bonchev–Trinajstić information content (AvgIpc) is 2.21. The van der Waals surface area contributed by atoms with Crippen molar-refractivity contribution < 1.29 is 4.79 Å². The molecule has 5 nitrogen and oxygen atoms in total. The molecule has 0 bridgehead atoms. The molecule has 0 fully saturated rings. The molecule has 0 aromatic carbocycles. The van der Waals surface area contributed by atoms with Crippen LogP contribution >= 0.6 is 0 Å². The van der Waals surface area contributed by atoms with E-state index in [4.69, 9.17) is 5.73 Å². The first-order valence-corrected chi connectivity index (χ1v) is 6.00. The highest BCUT2D eigenvalue weighted by molar-refractivity contribution is 5.75. The molecule has 1 rings (SSSR count). The Kier molecular flexibility index (Phi) is 4.53. The number of hydrogen-bond donors (Lipinski definition) is 2. The van der Waals surface area contributed by atoms with Crippen molar-refractivity contribution in [2.75, 3.05) is 12.3 Å². The first kappa shape index (κ1) is 14.3. The van der Waals surface area contributed by atoms with E-state index in [9.17, 15) is 9.59 Å². The van der Waals surface area contributed by atoms with E-state index in [0.29, 0.717) is 12.2 Å². The summed E-state index contributed by atoms with van der Waals surface area (Å²) in [6.45, 7) is 6.96. The highest BCUT2D eigenvalue weighted by atomic mass is 16.2. The predicted molar refractivity (Wildman–Crippen MR) is 72.2 cm³/mol. The molecule has 0 unspecified atom stereocenters. The Morgan fingerprint density at radius 2 is 2.06 bits per heavy atom. The molecule has 100 valence electrons. The molecule has 1 aromatic heterocycles. The number of carbonyl (C=O) groups is 1. The van der Waals surface area contributed by atoms with Gasteiger partial charge in [0.05, 0.1) is 0 Å². The molecule has 5 heteroatoms. The number of nitrogens with one attached hydrogen (secondary N) is 1. The number of amides is 1. The second-order valence-electron chi connectivity index (χ2n) is 5.59. The lowest BCUT2D eigenvalue weighted by molar-refractivity contribution is -0.121. The molecule has 0 saturated carbocycles. The van der Waals surface area contributed by atoms with Gasteiger partial charge in [-0.25, -0.2) is 0 Å². The molecule has 1 aromatic rings. The summed E-state index contributed by atoms with van der Waals surface area (Å²) in [5.74, 6) is -0.174. The fraction of sp³-hybridized carbons (Fsp3) is 0.538. The summed E-state index contributed by atoms with van der Waals surface area (Å²) >= 11 is 0. The van der Waals surface area contributed by atoms with E-state index in [-0.39, 0.29) is 23.4 Å². The van der Waals surface area contributed by atoms with Crippen LogP contribution in [0.1, 0.15) is 27.2 Å². The third kappa shape index (κ3) is 5.03. The summed E-state index contributed by atoms with van der Waals surface area (Å²) in [5.41, 5.74) is 5.99. The Bertz CT molecular complexity index is 472. The minimum Gasteiger partial charge on any atom is -0.398 e. The van der Waals surface area contributed by atoms with Crippen molar-refractivity contribution in [1.29, 1.82) is 0 Å². The van der Waals surface area contributed by atoms with Gasteiger partial charge < -0.3 is 15.6 Å². The summed E-state index contributed by atoms with van der Waals surface area (Å²) in [4.78, 5) is 23.1. The molecule has 0 radical (unpaired) electrons. The fourth-order valence-electron chi connectivity index (χ4n) is 1.46. The van der Waals surface area contributed by atoms with Gasteiger partial charge >= 0.3 is 0 Å². The monoisotopic (exact) mass is 251 g/mol. The van der Waals surface area contributed by atoms with Gasteiger partial charge in [-0.2, -0.15) is 0 Å². The number of anilines is 1. The van der Waals surface area contributed by atoms with Gasteiger partial charge in [-0.1, -0.05) is 20.8 Å². The molecule has 1 amide bonds. The van der Waals surface area contributed by atoms with Crippen LogP contribution in [-0.2, 0) is 11.3 Å². The van der Waals surface area contributed by atoms with E-state index >= 15 is 0 Å². The van der Waals surface area contributed by atoms with E-state index < -0.39 is 0 Å². The maximum Gasteiger partial charge on any atom is 0.251 e. The largest absolute Gasteiger partial charge is 0.398 e. The Balaban J connectivity index is 2.50. The van der Waals surface area contributed by atoms with Crippen LogP contribution in [0, 0.1) is 5.41 Å². The number of nitrogens with zero attached hydrogens (tertiary/aromatic N) is 1. The SMILES string of the molecule is CC(C)(C)CCNC(=O)Cn1cc(N)ccc1=O. The van der Waals surface area contributed by atoms with Gasteiger partial charge in [-0.05, 0) is 17.9 Å². The molecule has 0 spiro atoms. The Morgan fingerprint density at radius 3 is 2.67 bits per heavy atom. The van der Waals surface area contributed by atoms with Crippen molar-refractivity contribution in [3.8, 4) is 0 Å². The highest BCUT2D eigenvalue weighted by Crippen LogP contribution is 2.16. The number of nitrogens with two attached hydrogens (primary N) is 1. The normalized spacial score (nSPS) is 11.3. The second kappa shape index (κ2) is 5.71. The third-order valence-electron chi connectivity index (χ3n) is 2.52. The summed E-state index contributed by atoms with van der Waals surface area (Å²) < 4.78 is 1.31. The molecule has 3 N–H and O–H groups in total. The standard InChI is InChI=1S/C13H21N3O2/c1-13(2,3)6-7-15-11(17)9-16-8-10(14)4-5-12(16)18/h4-5,8H,6-7,9,14H2,1-3H3,(H,15,17). The van der Waals surface area contributed by atoms with Crippen LogP contribution in [0.2, 0.25) is 0 Å². The topological polar surface area (TPSA) is 77.1 Å². The number of nitrogen functional groups attached to an aromatic ring is 1. The van der Waals surface area contributed by atoms with Crippen molar-refractivity contribution in [2.45, 2.75) is 33.7 Å². The van der Waals surface area contributed by atoms with E-state index in [1.807, 2.05) is 0 Å². The van der Waals surface area contributed by atoms with Gasteiger partial charge in [-0.3, -0.25) is 9.59 Å². The Labute approximate surface area is 107 Å². The first-order valence-electron chi connectivity index (χ1n) is 6.00. The van der Waals surface area contributed by atoms with Crippen LogP contribution in [0.5, 0.6) is 0 Å². The summed E-state index contributed by atoms with van der Waals surface area (Å²) in [6.07, 6.45) is 2.37. The number of carbonyl (C=O) groups excluding carboxylic acids is 1. The lowest BCUT2D eigenvalue weighted by Crippen LogP contribution is -2.33. The van der Waals surface area contributed by atoms with Crippen LogP contribution in [0.3, 0.4) is 0 Å². The van der Waals surface area contributed by atoms with E-state index in [0.717, 1.165) is 6.42 Å². The molecule has 18 heavy (non-hydrogen) atoms. The summed E-state index contributed by atoms with van der Waals surface area (Å²) in [7, 11) is 0. The van der Waals surface area contributed by atoms with Gasteiger partial charge in [0.25, 0.3) is 5.56 Å². The van der Waals surface area contributed by atoms with Crippen LogP contribution in [0.15, 0.2) is 23.1 Å². The molecule has 0 aliphatic carbocycles. The minimum atomic E-state index is -0.227. The predicted octanol–water partition coefficient (Wildman–Crippen LogP) is 0.983. The maximum absolute atomic E-state index is 11.7. The quantitative estimate of drug-likeness (QED) is 0.837. The molecular weight excluding hydrogens is 230 g/mol. The van der Waals surface area contributed by atoms with E-state index in [1.165, 1.54) is 22.9 Å². The zero-order chi connectivity index (χ0) is 13.8. The summed E-state index contributed by atoms with van der Waals surface area (Å²) in [5, 5.41) is 2.79. The van der Waals surface area contributed by atoms with Crippen molar-refractivity contribution in [3.05, 3.63) is 28.7 Å². The zero-order valence-corrected chi connectivity index (χ0v) is 11.2. The van der Waals surface area contributed by atoms with Crippen LogP contribution in [-0.4, -0.2) is 17.0 Å². The summed E-state index contributed by atoms with van der Waals surface area (Å²) in [6, 6.07) is 2.88. The molecular formula is C13H21N3O2. The van der Waals surface area contributed by atoms with Crippen molar-refractivity contribution in [1.82, 2.24) is 9.88 Å². The van der Waals surface area contributed by atoms with Gasteiger partial charge in [0.15, 0.2) is 0 Å². The fourth-order valence-corrected chi connectivity index (χ4v) is 1.46. The van der Waals surface area contributed by atoms with Crippen molar-refractivity contribution in [3.63, 3.8) is 0 Å². The van der Waals surface area contributed by atoms with E-state index in [2.05, 4.69) is 26.1 Å². The third-order valence-corrected chi connectivity index (χ3v) is 2.52. The van der Waals surface area contributed by atoms with Crippen molar-refractivity contribution in [2.24, 2.45) is 5.41 Å². The molecule has 0 aliphatic rings. The van der Waals surface area contributed by atoms with Crippen LogP contribution < -0.4 is 16.6 Å².